The highest BCUT2D eigenvalue weighted by Gasteiger charge is 2.51. The second-order valence-electron chi connectivity index (χ2n) is 10.9. The fourth-order valence-corrected chi connectivity index (χ4v) is 5.74. The summed E-state index contributed by atoms with van der Waals surface area (Å²) in [6.07, 6.45) is 1.71. The summed E-state index contributed by atoms with van der Waals surface area (Å²) in [5.74, 6) is -0.303. The van der Waals surface area contributed by atoms with Crippen LogP contribution < -0.4 is 5.73 Å². The van der Waals surface area contributed by atoms with Gasteiger partial charge >= 0.3 is 6.09 Å². The zero-order valence-corrected chi connectivity index (χ0v) is 21.9. The number of carbonyl (C=O) groups excluding carboxylic acids is 2. The number of hydrogen-bond donors (Lipinski definition) is 1. The van der Waals surface area contributed by atoms with Gasteiger partial charge in [-0.2, -0.15) is 0 Å². The van der Waals surface area contributed by atoms with Crippen LogP contribution in [0.25, 0.3) is 0 Å². The number of carbonyl (C=O) groups is 2. The van der Waals surface area contributed by atoms with Crippen LogP contribution in [0.15, 0.2) is 60.7 Å². The predicted octanol–water partition coefficient (Wildman–Crippen LogP) is 3.48. The zero-order valence-electron chi connectivity index (χ0n) is 21.9. The van der Waals surface area contributed by atoms with Crippen molar-refractivity contribution in [2.75, 3.05) is 45.8 Å². The third-order valence-electron chi connectivity index (χ3n) is 7.44. The largest absolute Gasteiger partial charge is 0.444 e. The molecule has 7 nitrogen and oxygen atoms in total. The number of primary amides is 1. The molecular weight excluding hydrogens is 452 g/mol. The van der Waals surface area contributed by atoms with Gasteiger partial charge in [0, 0.05) is 45.3 Å². The smallest absolute Gasteiger partial charge is 0.410 e. The van der Waals surface area contributed by atoms with E-state index in [9.17, 15) is 9.59 Å². The number of ether oxygens (including phenoxy) is 1. The van der Waals surface area contributed by atoms with Gasteiger partial charge in [-0.05, 0) is 51.3 Å². The van der Waals surface area contributed by atoms with Crippen molar-refractivity contribution in [1.29, 1.82) is 0 Å². The summed E-state index contributed by atoms with van der Waals surface area (Å²) in [6, 6.07) is 20.0. The summed E-state index contributed by atoms with van der Waals surface area (Å²) in [5, 5.41) is 0. The number of benzene rings is 2. The van der Waals surface area contributed by atoms with Crippen LogP contribution >= 0.6 is 0 Å². The number of likely N-dealkylation sites (tertiary alicyclic amines) is 1. The van der Waals surface area contributed by atoms with Gasteiger partial charge < -0.3 is 15.4 Å². The molecule has 0 bridgehead atoms. The Balaban J connectivity index is 1.48. The fourth-order valence-electron chi connectivity index (χ4n) is 5.74. The van der Waals surface area contributed by atoms with E-state index in [0.717, 1.165) is 56.7 Å². The van der Waals surface area contributed by atoms with Crippen molar-refractivity contribution in [1.82, 2.24) is 14.7 Å². The van der Waals surface area contributed by atoms with Gasteiger partial charge in [0.1, 0.15) is 11.0 Å². The molecule has 2 aromatic rings. The molecule has 194 valence electrons. The summed E-state index contributed by atoms with van der Waals surface area (Å²) in [5.41, 5.74) is 6.79. The zero-order chi connectivity index (χ0) is 25.8. The van der Waals surface area contributed by atoms with E-state index in [4.69, 9.17) is 10.5 Å². The first kappa shape index (κ1) is 26.2. The van der Waals surface area contributed by atoms with Crippen LogP contribution in [-0.2, 0) is 14.9 Å². The fraction of sp³-hybridized carbons (Fsp3) is 0.517. The second kappa shape index (κ2) is 11.0. The first-order valence-corrected chi connectivity index (χ1v) is 13.1. The summed E-state index contributed by atoms with van der Waals surface area (Å²) < 4.78 is 5.53. The number of amides is 2. The Bertz CT molecular complexity index is 974. The van der Waals surface area contributed by atoms with Crippen molar-refractivity contribution in [3.8, 4) is 0 Å². The molecule has 4 rings (SSSR count). The Morgan fingerprint density at radius 1 is 0.861 bits per heavy atom. The van der Waals surface area contributed by atoms with Crippen molar-refractivity contribution < 1.29 is 14.3 Å². The number of hydrogen-bond acceptors (Lipinski definition) is 5. The average molecular weight is 493 g/mol. The monoisotopic (exact) mass is 492 g/mol. The van der Waals surface area contributed by atoms with Crippen LogP contribution in [-0.4, -0.2) is 84.2 Å². The van der Waals surface area contributed by atoms with Crippen LogP contribution in [0.4, 0.5) is 4.79 Å². The van der Waals surface area contributed by atoms with Crippen molar-refractivity contribution >= 4 is 12.0 Å². The van der Waals surface area contributed by atoms with E-state index in [2.05, 4.69) is 9.80 Å². The molecule has 2 saturated heterocycles. The van der Waals surface area contributed by atoms with Crippen LogP contribution in [0, 0.1) is 0 Å². The lowest BCUT2D eigenvalue weighted by Gasteiger charge is -2.43. The molecule has 0 spiro atoms. The molecule has 1 unspecified atom stereocenters. The van der Waals surface area contributed by atoms with Crippen molar-refractivity contribution in [2.24, 2.45) is 5.73 Å². The summed E-state index contributed by atoms with van der Waals surface area (Å²) >= 11 is 0. The lowest BCUT2D eigenvalue weighted by Crippen LogP contribution is -2.57. The third-order valence-corrected chi connectivity index (χ3v) is 7.44. The Kier molecular flexibility index (Phi) is 8.00. The molecule has 0 saturated carbocycles. The number of nitrogens with zero attached hydrogens (tertiary/aromatic N) is 3. The quantitative estimate of drug-likeness (QED) is 0.640. The summed E-state index contributed by atoms with van der Waals surface area (Å²) in [6.45, 7) is 11.3. The van der Waals surface area contributed by atoms with E-state index in [0.29, 0.717) is 13.1 Å². The SMILES string of the molecule is CC(C)(C)OC(=O)N1CCN(CCN2CCCC2C(C(N)=O)(c2ccccc2)c2ccccc2)CC1. The van der Waals surface area contributed by atoms with E-state index in [-0.39, 0.29) is 18.0 Å². The Hall–Kier alpha value is -2.90. The number of piperazine rings is 1. The molecule has 2 fully saturated rings. The Labute approximate surface area is 215 Å². The maximum atomic E-state index is 13.4. The number of nitrogens with two attached hydrogens (primary N) is 1. The molecule has 2 amide bonds. The second-order valence-corrected chi connectivity index (χ2v) is 10.9. The van der Waals surface area contributed by atoms with E-state index in [1.807, 2.05) is 81.4 Å². The maximum Gasteiger partial charge on any atom is 0.410 e. The molecule has 2 aliphatic rings. The van der Waals surface area contributed by atoms with E-state index < -0.39 is 11.0 Å². The van der Waals surface area contributed by atoms with E-state index in [1.54, 1.807) is 4.90 Å². The first-order chi connectivity index (χ1) is 17.2. The van der Waals surface area contributed by atoms with Gasteiger partial charge in [0.05, 0.1) is 0 Å². The minimum Gasteiger partial charge on any atom is -0.444 e. The van der Waals surface area contributed by atoms with Gasteiger partial charge in [-0.15, -0.1) is 0 Å². The van der Waals surface area contributed by atoms with E-state index >= 15 is 0 Å². The topological polar surface area (TPSA) is 79.1 Å². The molecule has 0 aliphatic carbocycles. The molecule has 2 aliphatic heterocycles. The first-order valence-electron chi connectivity index (χ1n) is 13.1. The normalized spacial score (nSPS) is 19.9. The molecule has 1 atom stereocenters. The van der Waals surface area contributed by atoms with Crippen LogP contribution in [0.5, 0.6) is 0 Å². The molecule has 2 N–H and O–H groups in total. The Morgan fingerprint density at radius 3 is 1.92 bits per heavy atom. The van der Waals surface area contributed by atoms with Gasteiger partial charge in [0.15, 0.2) is 0 Å². The van der Waals surface area contributed by atoms with Gasteiger partial charge in [0.2, 0.25) is 5.91 Å². The van der Waals surface area contributed by atoms with E-state index in [1.165, 1.54) is 0 Å². The van der Waals surface area contributed by atoms with Crippen LogP contribution in [0.3, 0.4) is 0 Å². The standard InChI is InChI=1S/C29H40N4O3/c1-28(2,3)36-27(35)33-21-18-31(19-22-33)17-20-32-16-10-15-25(32)29(26(30)34,23-11-6-4-7-12-23)24-13-8-5-9-14-24/h4-9,11-14,25H,10,15-22H2,1-3H3,(H2,30,34). The van der Waals surface area contributed by atoms with Crippen LogP contribution in [0.2, 0.25) is 0 Å². The van der Waals surface area contributed by atoms with Crippen molar-refractivity contribution in [2.45, 2.75) is 50.7 Å². The van der Waals surface area contributed by atoms with Gasteiger partial charge in [-0.1, -0.05) is 60.7 Å². The highest BCUT2D eigenvalue weighted by Crippen LogP contribution is 2.42. The average Bonchev–Trinajstić information content (AvgIpc) is 3.32. The predicted molar refractivity (Wildman–Crippen MR) is 142 cm³/mol. The van der Waals surface area contributed by atoms with Crippen LogP contribution in [0.1, 0.15) is 44.7 Å². The molecule has 2 heterocycles. The minimum atomic E-state index is -0.908. The molecule has 2 aromatic carbocycles. The molecule has 0 radical (unpaired) electrons. The lowest BCUT2D eigenvalue weighted by molar-refractivity contribution is -0.124. The molecule has 36 heavy (non-hydrogen) atoms. The molecular formula is C29H40N4O3. The highest BCUT2D eigenvalue weighted by molar-refractivity contribution is 5.92. The lowest BCUT2D eigenvalue weighted by atomic mass is 9.67. The summed E-state index contributed by atoms with van der Waals surface area (Å²) in [4.78, 5) is 32.4. The van der Waals surface area contributed by atoms with Crippen molar-refractivity contribution in [3.63, 3.8) is 0 Å². The highest BCUT2D eigenvalue weighted by atomic mass is 16.6. The van der Waals surface area contributed by atoms with Gasteiger partial charge in [-0.25, -0.2) is 4.79 Å². The number of rotatable bonds is 7. The van der Waals surface area contributed by atoms with Crippen molar-refractivity contribution in [3.05, 3.63) is 71.8 Å². The maximum absolute atomic E-state index is 13.4. The third kappa shape index (κ3) is 5.57. The van der Waals surface area contributed by atoms with Gasteiger partial charge in [-0.3, -0.25) is 14.6 Å². The minimum absolute atomic E-state index is 0.0112. The molecule has 0 aromatic heterocycles. The summed E-state index contributed by atoms with van der Waals surface area (Å²) in [7, 11) is 0. The Morgan fingerprint density at radius 2 is 1.42 bits per heavy atom. The van der Waals surface area contributed by atoms with Gasteiger partial charge in [0.25, 0.3) is 0 Å². The molecule has 7 heteroatoms.